The highest BCUT2D eigenvalue weighted by Crippen LogP contribution is 2.30. The van der Waals surface area contributed by atoms with E-state index in [4.69, 9.17) is 18.9 Å². The third-order valence-electron chi connectivity index (χ3n) is 4.31. The Labute approximate surface area is 193 Å². The quantitative estimate of drug-likeness (QED) is 0.492. The molecule has 0 aliphatic carbocycles. The van der Waals surface area contributed by atoms with Crippen molar-refractivity contribution in [2.45, 2.75) is 33.6 Å². The van der Waals surface area contributed by atoms with Gasteiger partial charge in [0.25, 0.3) is 5.91 Å². The first-order chi connectivity index (χ1) is 15.8. The van der Waals surface area contributed by atoms with E-state index in [0.717, 1.165) is 5.56 Å². The van der Waals surface area contributed by atoms with Gasteiger partial charge in [-0.05, 0) is 43.5 Å². The van der Waals surface area contributed by atoms with E-state index >= 15 is 0 Å². The molecule has 0 aliphatic rings. The van der Waals surface area contributed by atoms with E-state index in [-0.39, 0.29) is 12.5 Å². The van der Waals surface area contributed by atoms with Gasteiger partial charge in [0.2, 0.25) is 0 Å². The van der Waals surface area contributed by atoms with Crippen LogP contribution in [0.5, 0.6) is 17.2 Å². The highest BCUT2D eigenvalue weighted by Gasteiger charge is 2.14. The molecule has 0 fully saturated rings. The van der Waals surface area contributed by atoms with Crippen molar-refractivity contribution < 1.29 is 33.3 Å². The molecular weight excluding hydrogens is 428 g/mol. The zero-order valence-electron chi connectivity index (χ0n) is 19.3. The average molecular weight is 459 g/mol. The van der Waals surface area contributed by atoms with Crippen LogP contribution in [0.25, 0.3) is 0 Å². The van der Waals surface area contributed by atoms with Crippen LogP contribution in [-0.2, 0) is 14.3 Å². The predicted octanol–water partition coefficient (Wildman–Crippen LogP) is 3.88. The van der Waals surface area contributed by atoms with Gasteiger partial charge in [0.05, 0.1) is 13.2 Å². The molecule has 0 saturated heterocycles. The van der Waals surface area contributed by atoms with Crippen LogP contribution in [0.1, 0.15) is 39.2 Å². The first-order valence-electron chi connectivity index (χ1n) is 10.7. The normalized spacial score (nSPS) is 10.3. The maximum absolute atomic E-state index is 12.1. The van der Waals surface area contributed by atoms with Crippen molar-refractivity contribution in [1.82, 2.24) is 5.32 Å². The van der Waals surface area contributed by atoms with Crippen LogP contribution in [0, 0.1) is 0 Å². The van der Waals surface area contributed by atoms with Gasteiger partial charge in [-0.3, -0.25) is 10.1 Å². The van der Waals surface area contributed by atoms with E-state index < -0.39 is 24.5 Å². The van der Waals surface area contributed by atoms with Crippen molar-refractivity contribution in [1.29, 1.82) is 0 Å². The Bertz CT molecular complexity index is 960. The van der Waals surface area contributed by atoms with Crippen LogP contribution in [0.15, 0.2) is 42.5 Å². The fourth-order valence-electron chi connectivity index (χ4n) is 2.87. The van der Waals surface area contributed by atoms with E-state index in [1.807, 2.05) is 39.8 Å². The fraction of sp³-hybridized carbons (Fsp3) is 0.375. The molecule has 2 rings (SSSR count). The third kappa shape index (κ3) is 8.36. The van der Waals surface area contributed by atoms with E-state index in [1.165, 1.54) is 0 Å². The summed E-state index contributed by atoms with van der Waals surface area (Å²) >= 11 is 0. The molecule has 178 valence electrons. The highest BCUT2D eigenvalue weighted by molar-refractivity contribution is 6.02. The van der Waals surface area contributed by atoms with Crippen LogP contribution >= 0.6 is 0 Å². The summed E-state index contributed by atoms with van der Waals surface area (Å²) < 4.78 is 21.3. The molecule has 9 heteroatoms. The summed E-state index contributed by atoms with van der Waals surface area (Å²) in [6.07, 6.45) is 0. The van der Waals surface area contributed by atoms with Gasteiger partial charge in [-0.15, -0.1) is 0 Å². The Hall–Kier alpha value is -3.75. The second kappa shape index (κ2) is 12.9. The Morgan fingerprint density at radius 1 is 0.848 bits per heavy atom. The molecule has 33 heavy (non-hydrogen) atoms. The monoisotopic (exact) mass is 458 g/mol. The number of urea groups is 1. The topological polar surface area (TPSA) is 112 Å². The van der Waals surface area contributed by atoms with Crippen molar-refractivity contribution in [3.63, 3.8) is 0 Å². The van der Waals surface area contributed by atoms with Gasteiger partial charge in [-0.2, -0.15) is 0 Å². The SMILES string of the molecule is CCOc1ccc(NC(=O)NC(=O)COC(=O)COc2ccccc2C(C)C)cc1OCC. The molecule has 0 aliphatic heterocycles. The lowest BCUT2D eigenvalue weighted by Gasteiger charge is -2.14. The first-order valence-corrected chi connectivity index (χ1v) is 10.7. The van der Waals surface area contributed by atoms with Gasteiger partial charge in [0.15, 0.2) is 24.7 Å². The smallest absolute Gasteiger partial charge is 0.344 e. The Balaban J connectivity index is 1.79. The van der Waals surface area contributed by atoms with Crippen molar-refractivity contribution in [3.8, 4) is 17.2 Å². The molecule has 0 saturated carbocycles. The van der Waals surface area contributed by atoms with E-state index in [0.29, 0.717) is 36.1 Å². The summed E-state index contributed by atoms with van der Waals surface area (Å²) in [5.74, 6) is 0.316. The Morgan fingerprint density at radius 3 is 2.24 bits per heavy atom. The number of esters is 1. The molecule has 2 aromatic rings. The number of hydrogen-bond donors (Lipinski definition) is 2. The van der Waals surface area contributed by atoms with Gasteiger partial charge in [0, 0.05) is 11.8 Å². The van der Waals surface area contributed by atoms with Crippen molar-refractivity contribution in [3.05, 3.63) is 48.0 Å². The lowest BCUT2D eigenvalue weighted by Crippen LogP contribution is -2.37. The fourth-order valence-corrected chi connectivity index (χ4v) is 2.87. The minimum absolute atomic E-state index is 0.224. The number of para-hydroxylation sites is 1. The molecule has 3 amide bonds. The Morgan fingerprint density at radius 2 is 1.55 bits per heavy atom. The number of imide groups is 1. The number of ether oxygens (including phenoxy) is 4. The number of nitrogens with one attached hydrogen (secondary N) is 2. The lowest BCUT2D eigenvalue weighted by molar-refractivity contribution is -0.150. The summed E-state index contributed by atoms with van der Waals surface area (Å²) in [5.41, 5.74) is 1.36. The predicted molar refractivity (Wildman–Crippen MR) is 123 cm³/mol. The second-order valence-corrected chi connectivity index (χ2v) is 7.17. The number of benzene rings is 2. The number of carbonyl (C=O) groups excluding carboxylic acids is 3. The summed E-state index contributed by atoms with van der Waals surface area (Å²) in [6, 6.07) is 11.5. The minimum atomic E-state index is -0.778. The number of carbonyl (C=O) groups is 3. The number of hydrogen-bond acceptors (Lipinski definition) is 7. The second-order valence-electron chi connectivity index (χ2n) is 7.17. The molecule has 0 unspecified atom stereocenters. The van der Waals surface area contributed by atoms with Gasteiger partial charge < -0.3 is 24.3 Å². The molecular formula is C24H30N2O7. The molecule has 0 bridgehead atoms. The van der Waals surface area contributed by atoms with E-state index in [1.54, 1.807) is 30.3 Å². The van der Waals surface area contributed by atoms with Gasteiger partial charge in [-0.1, -0.05) is 32.0 Å². The van der Waals surface area contributed by atoms with Gasteiger partial charge in [0.1, 0.15) is 5.75 Å². The molecule has 0 spiro atoms. The molecule has 9 nitrogen and oxygen atoms in total. The molecule has 2 aromatic carbocycles. The summed E-state index contributed by atoms with van der Waals surface area (Å²) in [4.78, 5) is 35.9. The van der Waals surface area contributed by atoms with Gasteiger partial charge in [-0.25, -0.2) is 9.59 Å². The molecule has 0 heterocycles. The van der Waals surface area contributed by atoms with Crippen LogP contribution < -0.4 is 24.8 Å². The zero-order chi connectivity index (χ0) is 24.2. The minimum Gasteiger partial charge on any atom is -0.490 e. The highest BCUT2D eigenvalue weighted by atomic mass is 16.6. The summed E-state index contributed by atoms with van der Waals surface area (Å²) in [7, 11) is 0. The summed E-state index contributed by atoms with van der Waals surface area (Å²) in [6.45, 7) is 7.63. The number of amides is 3. The van der Waals surface area contributed by atoms with Gasteiger partial charge >= 0.3 is 12.0 Å². The third-order valence-corrected chi connectivity index (χ3v) is 4.31. The molecule has 0 atom stereocenters. The van der Waals surface area contributed by atoms with E-state index in [2.05, 4.69) is 10.6 Å². The van der Waals surface area contributed by atoms with Crippen LogP contribution in [0.4, 0.5) is 10.5 Å². The van der Waals surface area contributed by atoms with E-state index in [9.17, 15) is 14.4 Å². The Kier molecular flexibility index (Phi) is 10.0. The molecule has 2 N–H and O–H groups in total. The van der Waals surface area contributed by atoms with Crippen molar-refractivity contribution >= 4 is 23.6 Å². The van der Waals surface area contributed by atoms with Crippen LogP contribution in [-0.4, -0.2) is 44.3 Å². The number of anilines is 1. The van der Waals surface area contributed by atoms with Crippen molar-refractivity contribution in [2.24, 2.45) is 0 Å². The van der Waals surface area contributed by atoms with Crippen molar-refractivity contribution in [2.75, 3.05) is 31.7 Å². The lowest BCUT2D eigenvalue weighted by atomic mass is 10.0. The van der Waals surface area contributed by atoms with Crippen LogP contribution in [0.3, 0.4) is 0 Å². The largest absolute Gasteiger partial charge is 0.490 e. The summed E-state index contributed by atoms with van der Waals surface area (Å²) in [5, 5.41) is 4.61. The van der Waals surface area contributed by atoms with Crippen LogP contribution in [0.2, 0.25) is 0 Å². The molecule has 0 radical (unpaired) electrons. The maximum atomic E-state index is 12.1. The maximum Gasteiger partial charge on any atom is 0.344 e. The number of rotatable bonds is 11. The standard InChI is InChI=1S/C24H30N2O7/c1-5-30-20-12-11-17(13-21(20)31-6-2)25-24(29)26-22(27)14-33-23(28)15-32-19-10-8-7-9-18(19)16(3)4/h7-13,16H,5-6,14-15H2,1-4H3,(H2,25,26,27,29). The zero-order valence-corrected chi connectivity index (χ0v) is 19.3. The average Bonchev–Trinajstić information content (AvgIpc) is 2.78. The first kappa shape index (κ1) is 25.5. The molecule has 0 aromatic heterocycles.